The molecule has 2 aromatic rings. The van der Waals surface area contributed by atoms with Crippen LogP contribution < -0.4 is 4.87 Å². The van der Waals surface area contributed by atoms with Gasteiger partial charge in [-0.15, -0.1) is 0 Å². The molecule has 1 aromatic heterocycles. The predicted octanol–water partition coefficient (Wildman–Crippen LogP) is 2.12. The fourth-order valence-electron chi connectivity index (χ4n) is 3.24. The number of para-hydroxylation sites is 1. The monoisotopic (exact) mass is 385 g/mol. The van der Waals surface area contributed by atoms with E-state index in [1.807, 2.05) is 31.2 Å². The van der Waals surface area contributed by atoms with E-state index in [4.69, 9.17) is 4.74 Å². The molecule has 1 aromatic carbocycles. The van der Waals surface area contributed by atoms with Crippen LogP contribution in [0.15, 0.2) is 34.1 Å². The fraction of sp³-hybridized carbons (Fsp3) is 0.316. The van der Waals surface area contributed by atoms with Crippen molar-refractivity contribution in [2.45, 2.75) is 13.5 Å². The third kappa shape index (κ3) is 3.33. The molecule has 0 spiro atoms. The van der Waals surface area contributed by atoms with Crippen LogP contribution in [0.25, 0.3) is 11.6 Å². The lowest BCUT2D eigenvalue weighted by Gasteiger charge is -2.26. The van der Waals surface area contributed by atoms with Crippen LogP contribution in [-0.2, 0) is 16.1 Å². The summed E-state index contributed by atoms with van der Waals surface area (Å²) in [6.45, 7) is 3.71. The Bertz CT molecular complexity index is 1010. The number of nitrogens with zero attached hydrogens (tertiary/aromatic N) is 3. The molecule has 0 radical (unpaired) electrons. The maximum absolute atomic E-state index is 12.4. The average molecular weight is 385 g/mol. The van der Waals surface area contributed by atoms with Crippen LogP contribution in [0.2, 0.25) is 0 Å². The molecule has 0 bridgehead atoms. The lowest BCUT2D eigenvalue weighted by atomic mass is 10.0. The first-order chi connectivity index (χ1) is 13.0. The first-order valence-electron chi connectivity index (χ1n) is 8.69. The van der Waals surface area contributed by atoms with Crippen LogP contribution in [0.5, 0.6) is 5.88 Å². The summed E-state index contributed by atoms with van der Waals surface area (Å²) in [7, 11) is 0. The molecular weight excluding hydrogens is 366 g/mol. The Kier molecular flexibility index (Phi) is 4.67. The second-order valence-electron chi connectivity index (χ2n) is 6.41. The molecule has 4 rings (SSSR count). The topological polar surface area (TPSA) is 84.1 Å². The quantitative estimate of drug-likeness (QED) is 0.877. The Hall–Kier alpha value is -2.71. The number of aromatic nitrogens is 1. The summed E-state index contributed by atoms with van der Waals surface area (Å²) < 4.78 is 6.36. The third-order valence-corrected chi connectivity index (χ3v) is 5.61. The molecule has 1 fully saturated rings. The van der Waals surface area contributed by atoms with Crippen molar-refractivity contribution in [3.8, 4) is 5.88 Å². The Morgan fingerprint density at radius 1 is 1.33 bits per heavy atom. The number of carbonyl (C=O) groups is 1. The average Bonchev–Trinajstić information content (AvgIpc) is 3.13. The number of morpholine rings is 1. The maximum Gasteiger partial charge on any atom is 0.311 e. The first-order valence-corrected chi connectivity index (χ1v) is 9.51. The van der Waals surface area contributed by atoms with Gasteiger partial charge in [0.15, 0.2) is 0 Å². The molecule has 7 nitrogen and oxygen atoms in total. The van der Waals surface area contributed by atoms with Crippen molar-refractivity contribution in [3.63, 3.8) is 0 Å². The number of fused-ring (bicyclic) bond motifs is 1. The predicted molar refractivity (Wildman–Crippen MR) is 105 cm³/mol. The van der Waals surface area contributed by atoms with Crippen molar-refractivity contribution >= 4 is 40.3 Å². The van der Waals surface area contributed by atoms with E-state index in [9.17, 15) is 14.7 Å². The van der Waals surface area contributed by atoms with Crippen molar-refractivity contribution in [2.24, 2.45) is 4.99 Å². The van der Waals surface area contributed by atoms with Gasteiger partial charge in [0.25, 0.3) is 0 Å². The number of hydrogen-bond acceptors (Lipinski definition) is 6. The number of aliphatic imine (C=N–C) groups is 1. The number of hydrogen-bond donors (Lipinski definition) is 1. The SMILES string of the molecule is CC1=Nc2ccccc2C1=Cc1sc(=O)n(CC(=O)N2CCOCC2)c1O. The van der Waals surface area contributed by atoms with E-state index in [2.05, 4.69) is 4.99 Å². The third-order valence-electron chi connectivity index (χ3n) is 4.70. The Morgan fingerprint density at radius 3 is 2.85 bits per heavy atom. The Balaban J connectivity index is 1.63. The Labute approximate surface area is 159 Å². The molecule has 1 N–H and O–H groups in total. The van der Waals surface area contributed by atoms with Gasteiger partial charge in [-0.05, 0) is 19.1 Å². The van der Waals surface area contributed by atoms with Crippen molar-refractivity contribution < 1.29 is 14.6 Å². The highest BCUT2D eigenvalue weighted by Gasteiger charge is 2.23. The van der Waals surface area contributed by atoms with Gasteiger partial charge in [-0.25, -0.2) is 0 Å². The van der Waals surface area contributed by atoms with Crippen molar-refractivity contribution in [3.05, 3.63) is 44.4 Å². The van der Waals surface area contributed by atoms with Crippen molar-refractivity contribution in [2.75, 3.05) is 26.3 Å². The molecule has 27 heavy (non-hydrogen) atoms. The van der Waals surface area contributed by atoms with E-state index in [-0.39, 0.29) is 23.2 Å². The van der Waals surface area contributed by atoms with Crippen LogP contribution in [0.3, 0.4) is 0 Å². The molecule has 2 aliphatic rings. The lowest BCUT2D eigenvalue weighted by molar-refractivity contribution is -0.136. The van der Waals surface area contributed by atoms with E-state index in [0.717, 1.165) is 38.4 Å². The number of allylic oxidation sites excluding steroid dienone is 1. The lowest BCUT2D eigenvalue weighted by Crippen LogP contribution is -2.43. The molecule has 0 atom stereocenters. The molecule has 0 aliphatic carbocycles. The van der Waals surface area contributed by atoms with Gasteiger partial charge in [-0.1, -0.05) is 29.5 Å². The van der Waals surface area contributed by atoms with Crippen molar-refractivity contribution in [1.82, 2.24) is 9.47 Å². The number of amides is 1. The summed E-state index contributed by atoms with van der Waals surface area (Å²) in [6.07, 6.45) is 1.77. The van der Waals surface area contributed by atoms with Crippen LogP contribution >= 0.6 is 11.3 Å². The number of thiazole rings is 1. The number of ether oxygens (including phenoxy) is 1. The molecule has 0 saturated carbocycles. The zero-order chi connectivity index (χ0) is 19.0. The largest absolute Gasteiger partial charge is 0.493 e. The molecule has 140 valence electrons. The van der Waals surface area contributed by atoms with Gasteiger partial charge in [0.2, 0.25) is 11.8 Å². The van der Waals surface area contributed by atoms with E-state index in [1.54, 1.807) is 11.0 Å². The molecule has 1 amide bonds. The van der Waals surface area contributed by atoms with Gasteiger partial charge in [0.1, 0.15) is 6.54 Å². The zero-order valence-electron chi connectivity index (χ0n) is 14.8. The minimum absolute atomic E-state index is 0.173. The molecular formula is C19H19N3O4S. The fourth-order valence-corrected chi connectivity index (χ4v) is 4.07. The summed E-state index contributed by atoms with van der Waals surface area (Å²) in [4.78, 5) is 31.0. The van der Waals surface area contributed by atoms with E-state index in [1.165, 1.54) is 0 Å². The van der Waals surface area contributed by atoms with Crippen LogP contribution in [0, 0.1) is 0 Å². The number of rotatable bonds is 3. The van der Waals surface area contributed by atoms with Gasteiger partial charge < -0.3 is 14.7 Å². The maximum atomic E-state index is 12.4. The minimum atomic E-state index is -0.359. The second-order valence-corrected chi connectivity index (χ2v) is 7.40. The second kappa shape index (κ2) is 7.13. The smallest absolute Gasteiger partial charge is 0.311 e. The van der Waals surface area contributed by atoms with Crippen LogP contribution in [-0.4, -0.2) is 52.5 Å². The number of carbonyl (C=O) groups excluding carboxylic acids is 1. The first kappa shape index (κ1) is 17.7. The van der Waals surface area contributed by atoms with Gasteiger partial charge in [0.05, 0.1) is 23.8 Å². The molecule has 8 heteroatoms. The molecule has 2 aliphatic heterocycles. The summed E-state index contributed by atoms with van der Waals surface area (Å²) in [6, 6.07) is 7.73. The van der Waals surface area contributed by atoms with E-state index < -0.39 is 0 Å². The summed E-state index contributed by atoms with van der Waals surface area (Å²) in [5.41, 5.74) is 3.53. The number of benzene rings is 1. The van der Waals surface area contributed by atoms with Crippen LogP contribution in [0.4, 0.5) is 5.69 Å². The van der Waals surface area contributed by atoms with E-state index >= 15 is 0 Å². The van der Waals surface area contributed by atoms with E-state index in [0.29, 0.717) is 31.2 Å². The molecule has 3 heterocycles. The summed E-state index contributed by atoms with van der Waals surface area (Å²) in [5, 5.41) is 10.5. The zero-order valence-corrected chi connectivity index (χ0v) is 15.7. The van der Waals surface area contributed by atoms with Gasteiger partial charge in [-0.2, -0.15) is 0 Å². The minimum Gasteiger partial charge on any atom is -0.493 e. The van der Waals surface area contributed by atoms with Crippen molar-refractivity contribution in [1.29, 1.82) is 0 Å². The Morgan fingerprint density at radius 2 is 2.07 bits per heavy atom. The van der Waals surface area contributed by atoms with Gasteiger partial charge in [-0.3, -0.25) is 19.1 Å². The normalized spacial score (nSPS) is 17.9. The molecule has 1 saturated heterocycles. The van der Waals surface area contributed by atoms with Gasteiger partial charge in [0, 0.05) is 29.9 Å². The van der Waals surface area contributed by atoms with Crippen LogP contribution in [0.1, 0.15) is 17.4 Å². The highest BCUT2D eigenvalue weighted by Crippen LogP contribution is 2.37. The standard InChI is InChI=1S/C19H19N3O4S/c1-12-14(13-4-2-3-5-15(13)20-12)10-16-18(24)22(19(25)27-16)11-17(23)21-6-8-26-9-7-21/h2-5,10,24H,6-9,11H2,1H3. The summed E-state index contributed by atoms with van der Waals surface area (Å²) >= 11 is 0.924. The highest BCUT2D eigenvalue weighted by molar-refractivity contribution is 7.10. The summed E-state index contributed by atoms with van der Waals surface area (Å²) in [5.74, 6) is -0.382. The number of aromatic hydroxyl groups is 1. The van der Waals surface area contributed by atoms with Gasteiger partial charge >= 0.3 is 4.87 Å². The molecule has 0 unspecified atom stereocenters. The highest BCUT2D eigenvalue weighted by atomic mass is 32.1.